The molecule has 2 rings (SSSR count). The standard InChI is InChI=1S/C18H25NO3/c1-5-6-15(20)14-11-16(21)19(17(14)22)13-9-7-12(8-10-13)18(2,3)4/h7-10,14-15,20H,5-6,11H2,1-4H3/t14-,15+/m1/s1. The molecule has 0 aromatic heterocycles. The summed E-state index contributed by atoms with van der Waals surface area (Å²) < 4.78 is 0. The summed E-state index contributed by atoms with van der Waals surface area (Å²) in [5.41, 5.74) is 1.77. The molecule has 2 amide bonds. The number of rotatable bonds is 4. The van der Waals surface area contributed by atoms with Gasteiger partial charge in [-0.15, -0.1) is 0 Å². The van der Waals surface area contributed by atoms with E-state index in [2.05, 4.69) is 20.8 Å². The first-order chi connectivity index (χ1) is 10.3. The number of anilines is 1. The number of nitrogens with zero attached hydrogens (tertiary/aromatic N) is 1. The van der Waals surface area contributed by atoms with E-state index >= 15 is 0 Å². The zero-order chi connectivity index (χ0) is 16.5. The fraction of sp³-hybridized carbons (Fsp3) is 0.556. The fourth-order valence-corrected chi connectivity index (χ4v) is 2.83. The van der Waals surface area contributed by atoms with Crippen LogP contribution in [0, 0.1) is 5.92 Å². The average Bonchev–Trinajstić information content (AvgIpc) is 2.73. The van der Waals surface area contributed by atoms with Crippen molar-refractivity contribution in [3.05, 3.63) is 29.8 Å². The lowest BCUT2D eigenvalue weighted by atomic mass is 9.87. The molecule has 1 N–H and O–H groups in total. The summed E-state index contributed by atoms with van der Waals surface area (Å²) in [6.45, 7) is 8.30. The molecular weight excluding hydrogens is 278 g/mol. The van der Waals surface area contributed by atoms with E-state index < -0.39 is 12.0 Å². The van der Waals surface area contributed by atoms with Gasteiger partial charge >= 0.3 is 0 Å². The third-order valence-corrected chi connectivity index (χ3v) is 4.22. The van der Waals surface area contributed by atoms with Gasteiger partial charge in [0.1, 0.15) is 0 Å². The van der Waals surface area contributed by atoms with E-state index in [9.17, 15) is 14.7 Å². The number of benzene rings is 1. The van der Waals surface area contributed by atoms with Crippen LogP contribution in [0.2, 0.25) is 0 Å². The Labute approximate surface area is 132 Å². The number of hydrogen-bond acceptors (Lipinski definition) is 3. The summed E-state index contributed by atoms with van der Waals surface area (Å²) in [5, 5.41) is 10.1. The third kappa shape index (κ3) is 3.22. The van der Waals surface area contributed by atoms with Gasteiger partial charge in [0.2, 0.25) is 11.8 Å². The topological polar surface area (TPSA) is 57.6 Å². The van der Waals surface area contributed by atoms with Crippen LogP contribution in [-0.4, -0.2) is 23.0 Å². The minimum absolute atomic E-state index is 0.0252. The number of carbonyl (C=O) groups is 2. The molecule has 120 valence electrons. The van der Waals surface area contributed by atoms with Crippen LogP contribution >= 0.6 is 0 Å². The van der Waals surface area contributed by atoms with Crippen LogP contribution in [0.3, 0.4) is 0 Å². The van der Waals surface area contributed by atoms with E-state index in [1.54, 1.807) is 0 Å². The molecule has 1 aliphatic heterocycles. The maximum absolute atomic E-state index is 12.5. The first kappa shape index (κ1) is 16.7. The van der Waals surface area contributed by atoms with E-state index in [1.807, 2.05) is 31.2 Å². The largest absolute Gasteiger partial charge is 0.392 e. The first-order valence-corrected chi connectivity index (χ1v) is 7.91. The molecule has 0 aliphatic carbocycles. The molecule has 0 radical (unpaired) electrons. The van der Waals surface area contributed by atoms with Gasteiger partial charge in [0.05, 0.1) is 17.7 Å². The number of aliphatic hydroxyl groups is 1. The highest BCUT2D eigenvalue weighted by atomic mass is 16.3. The van der Waals surface area contributed by atoms with Crippen molar-refractivity contribution in [2.45, 2.75) is 58.5 Å². The Morgan fingerprint density at radius 2 is 1.82 bits per heavy atom. The van der Waals surface area contributed by atoms with Gasteiger partial charge in [0.25, 0.3) is 0 Å². The lowest BCUT2D eigenvalue weighted by Gasteiger charge is -2.21. The van der Waals surface area contributed by atoms with Crippen molar-refractivity contribution in [2.24, 2.45) is 5.92 Å². The molecule has 4 nitrogen and oxygen atoms in total. The molecule has 0 unspecified atom stereocenters. The Hall–Kier alpha value is -1.68. The van der Waals surface area contributed by atoms with Crippen molar-refractivity contribution in [1.29, 1.82) is 0 Å². The van der Waals surface area contributed by atoms with Gasteiger partial charge in [0.15, 0.2) is 0 Å². The Kier molecular flexibility index (Phi) is 4.71. The Morgan fingerprint density at radius 3 is 2.32 bits per heavy atom. The van der Waals surface area contributed by atoms with Gasteiger partial charge in [-0.1, -0.05) is 46.2 Å². The second-order valence-corrected chi connectivity index (χ2v) is 7.03. The number of carbonyl (C=O) groups excluding carboxylic acids is 2. The van der Waals surface area contributed by atoms with Crippen molar-refractivity contribution >= 4 is 17.5 Å². The molecule has 1 heterocycles. The molecule has 4 heteroatoms. The lowest BCUT2D eigenvalue weighted by molar-refractivity contribution is -0.124. The molecule has 0 bridgehead atoms. The van der Waals surface area contributed by atoms with Crippen molar-refractivity contribution in [1.82, 2.24) is 0 Å². The highest BCUT2D eigenvalue weighted by Gasteiger charge is 2.42. The second-order valence-electron chi connectivity index (χ2n) is 7.03. The minimum Gasteiger partial charge on any atom is -0.392 e. The van der Waals surface area contributed by atoms with E-state index in [1.165, 1.54) is 4.90 Å². The van der Waals surface area contributed by atoms with Crippen molar-refractivity contribution < 1.29 is 14.7 Å². The molecule has 0 spiro atoms. The van der Waals surface area contributed by atoms with Crippen molar-refractivity contribution in [2.75, 3.05) is 4.90 Å². The maximum atomic E-state index is 12.5. The smallest absolute Gasteiger partial charge is 0.240 e. The van der Waals surface area contributed by atoms with Crippen LogP contribution in [0.1, 0.15) is 52.5 Å². The molecule has 1 aliphatic rings. The summed E-state index contributed by atoms with van der Waals surface area (Å²) in [5.74, 6) is -1.11. The van der Waals surface area contributed by atoms with Gasteiger partial charge < -0.3 is 5.11 Å². The number of aliphatic hydroxyl groups excluding tert-OH is 1. The Bertz CT molecular complexity index is 557. The van der Waals surface area contributed by atoms with Gasteiger partial charge in [-0.2, -0.15) is 0 Å². The quantitative estimate of drug-likeness (QED) is 0.870. The zero-order valence-electron chi connectivity index (χ0n) is 13.8. The Balaban J connectivity index is 2.22. The molecule has 1 aromatic carbocycles. The van der Waals surface area contributed by atoms with Gasteiger partial charge in [-0.05, 0) is 29.5 Å². The lowest BCUT2D eigenvalue weighted by Crippen LogP contribution is -2.33. The summed E-state index contributed by atoms with van der Waals surface area (Å²) in [4.78, 5) is 25.9. The Morgan fingerprint density at radius 1 is 1.23 bits per heavy atom. The van der Waals surface area contributed by atoms with E-state index in [-0.39, 0.29) is 23.7 Å². The predicted molar refractivity (Wildman–Crippen MR) is 86.7 cm³/mol. The first-order valence-electron chi connectivity index (χ1n) is 7.91. The third-order valence-electron chi connectivity index (χ3n) is 4.22. The SMILES string of the molecule is CCC[C@H](O)[C@H]1CC(=O)N(c2ccc(C(C)(C)C)cc2)C1=O. The summed E-state index contributed by atoms with van der Waals surface area (Å²) in [6.07, 6.45) is 0.696. The fourth-order valence-electron chi connectivity index (χ4n) is 2.83. The number of amides is 2. The van der Waals surface area contributed by atoms with Crippen molar-refractivity contribution in [3.63, 3.8) is 0 Å². The van der Waals surface area contributed by atoms with Crippen LogP contribution in [0.5, 0.6) is 0 Å². The maximum Gasteiger partial charge on any atom is 0.240 e. The van der Waals surface area contributed by atoms with E-state index in [0.29, 0.717) is 12.1 Å². The normalized spacial score (nSPS) is 20.6. The predicted octanol–water partition coefficient (Wildman–Crippen LogP) is 3.02. The monoisotopic (exact) mass is 303 g/mol. The van der Waals surface area contributed by atoms with Crippen LogP contribution in [-0.2, 0) is 15.0 Å². The molecule has 1 aromatic rings. The molecule has 1 fully saturated rings. The van der Waals surface area contributed by atoms with Crippen LogP contribution in [0.4, 0.5) is 5.69 Å². The molecule has 0 saturated carbocycles. The van der Waals surface area contributed by atoms with Crippen molar-refractivity contribution in [3.8, 4) is 0 Å². The van der Waals surface area contributed by atoms with Gasteiger partial charge in [0, 0.05) is 6.42 Å². The molecule has 1 saturated heterocycles. The highest BCUT2D eigenvalue weighted by Crippen LogP contribution is 2.31. The van der Waals surface area contributed by atoms with Gasteiger partial charge in [-0.25, -0.2) is 0 Å². The van der Waals surface area contributed by atoms with Crippen LogP contribution < -0.4 is 4.90 Å². The zero-order valence-corrected chi connectivity index (χ0v) is 13.8. The molecular formula is C18H25NO3. The molecule has 2 atom stereocenters. The summed E-state index contributed by atoms with van der Waals surface area (Å²) in [6, 6.07) is 7.52. The highest BCUT2D eigenvalue weighted by molar-refractivity contribution is 6.21. The van der Waals surface area contributed by atoms with E-state index in [4.69, 9.17) is 0 Å². The van der Waals surface area contributed by atoms with Gasteiger partial charge in [-0.3, -0.25) is 14.5 Å². The second kappa shape index (κ2) is 6.21. The number of hydrogen-bond donors (Lipinski definition) is 1. The van der Waals surface area contributed by atoms with Crippen LogP contribution in [0.25, 0.3) is 0 Å². The number of imide groups is 1. The molecule has 22 heavy (non-hydrogen) atoms. The van der Waals surface area contributed by atoms with Crippen LogP contribution in [0.15, 0.2) is 24.3 Å². The van der Waals surface area contributed by atoms with E-state index in [0.717, 1.165) is 12.0 Å². The summed E-state index contributed by atoms with van der Waals surface area (Å²) >= 11 is 0. The minimum atomic E-state index is -0.736. The average molecular weight is 303 g/mol. The summed E-state index contributed by atoms with van der Waals surface area (Å²) in [7, 11) is 0.